The quantitative estimate of drug-likeness (QED) is 0.438. The van der Waals surface area contributed by atoms with Gasteiger partial charge < -0.3 is 9.88 Å². The zero-order valence-electron chi connectivity index (χ0n) is 20.4. The van der Waals surface area contributed by atoms with Crippen LogP contribution in [0.1, 0.15) is 41.4 Å². The van der Waals surface area contributed by atoms with E-state index >= 15 is 0 Å². The lowest BCUT2D eigenvalue weighted by molar-refractivity contribution is 0.101. The molecular weight excluding hydrogens is 489 g/mol. The number of aryl methyl sites for hydroxylation is 2. The third-order valence-electron chi connectivity index (χ3n) is 6.69. The fraction of sp³-hybridized carbons (Fsp3) is 0.346. The summed E-state index contributed by atoms with van der Waals surface area (Å²) in [6.07, 6.45) is 4.46. The summed E-state index contributed by atoms with van der Waals surface area (Å²) in [5, 5.41) is 2.43. The Morgan fingerprint density at radius 1 is 1.22 bits per heavy atom. The largest absolute Gasteiger partial charge is 0.345 e. The first kappa shape index (κ1) is 26.0. The summed E-state index contributed by atoms with van der Waals surface area (Å²) in [5.74, 6) is -4.87. The molecule has 36 heavy (non-hydrogen) atoms. The van der Waals surface area contributed by atoms with E-state index < -0.39 is 33.3 Å². The molecule has 0 bridgehead atoms. The number of anilines is 1. The number of hydrogen-bond acceptors (Lipinski definition) is 3. The number of carbonyl (C=O) groups is 1. The van der Waals surface area contributed by atoms with Crippen LogP contribution >= 0.6 is 0 Å². The van der Waals surface area contributed by atoms with Crippen LogP contribution in [0.5, 0.6) is 0 Å². The molecule has 1 aliphatic rings. The van der Waals surface area contributed by atoms with Gasteiger partial charge in [-0.25, -0.2) is 26.5 Å². The average Bonchev–Trinajstić information content (AvgIpc) is 3.13. The van der Waals surface area contributed by atoms with Crippen molar-refractivity contribution in [2.75, 3.05) is 12.4 Å². The molecule has 2 heterocycles. The minimum atomic E-state index is -3.02. The van der Waals surface area contributed by atoms with Gasteiger partial charge in [0.05, 0.1) is 4.90 Å². The van der Waals surface area contributed by atoms with Crippen LogP contribution in [0, 0.1) is 23.4 Å². The molecule has 192 valence electrons. The van der Waals surface area contributed by atoms with Gasteiger partial charge in [-0.2, -0.15) is 0 Å². The molecule has 0 fully saturated rings. The van der Waals surface area contributed by atoms with Crippen LogP contribution in [-0.4, -0.2) is 27.8 Å². The second-order valence-corrected chi connectivity index (χ2v) is 11.2. The first-order valence-electron chi connectivity index (χ1n) is 11.7. The number of nitrogens with one attached hydrogen (secondary N) is 2. The Balaban J connectivity index is 1.59. The standard InChI is InChI=1S/C26H29F3N4O2S/c1-16(9-10-17-7-5-4-6-8-17)22-12-11-19-23(36(35,30-2)32-22)15-33(3)25(19)26(34)31-18-13-20(27)24(29)21(28)14-18/h4-8,13-16,22H,9-12H2,1-3H3,(H,31,34)(H,30,32,35)/t16?,22-,36?/m1/s1. The van der Waals surface area contributed by atoms with Crippen LogP contribution in [0.3, 0.4) is 0 Å². The number of benzene rings is 2. The molecule has 2 unspecified atom stereocenters. The number of hydrogen-bond donors (Lipinski definition) is 2. The maximum atomic E-state index is 13.9. The molecule has 0 saturated carbocycles. The lowest BCUT2D eigenvalue weighted by atomic mass is 9.91. The first-order valence-corrected chi connectivity index (χ1v) is 13.2. The molecule has 1 amide bonds. The minimum absolute atomic E-state index is 0.0983. The molecule has 6 nitrogen and oxygen atoms in total. The van der Waals surface area contributed by atoms with E-state index in [0.29, 0.717) is 35.4 Å². The van der Waals surface area contributed by atoms with E-state index in [-0.39, 0.29) is 23.3 Å². The molecule has 4 rings (SSSR count). The Kier molecular flexibility index (Phi) is 7.56. The maximum Gasteiger partial charge on any atom is 0.272 e. The zero-order valence-corrected chi connectivity index (χ0v) is 21.2. The molecule has 0 aliphatic carbocycles. The summed E-state index contributed by atoms with van der Waals surface area (Å²) in [6.45, 7) is 2.11. The second kappa shape index (κ2) is 10.5. The van der Waals surface area contributed by atoms with E-state index in [1.165, 1.54) is 17.2 Å². The van der Waals surface area contributed by atoms with Crippen molar-refractivity contribution in [3.05, 3.63) is 82.9 Å². The van der Waals surface area contributed by atoms with E-state index in [0.717, 1.165) is 12.8 Å². The Bertz CT molecular complexity index is 1370. The highest BCUT2D eigenvalue weighted by Gasteiger charge is 2.33. The van der Waals surface area contributed by atoms with E-state index in [1.54, 1.807) is 13.2 Å². The average molecular weight is 519 g/mol. The van der Waals surface area contributed by atoms with Crippen LogP contribution in [0.15, 0.2) is 57.9 Å². The summed E-state index contributed by atoms with van der Waals surface area (Å²) in [7, 11) is 0.0854. The molecule has 0 spiro atoms. The fourth-order valence-corrected chi connectivity index (χ4v) is 6.69. The number of halogens is 3. The van der Waals surface area contributed by atoms with Crippen LogP contribution in [0.4, 0.5) is 18.9 Å². The van der Waals surface area contributed by atoms with Crippen LogP contribution in [0.25, 0.3) is 0 Å². The third-order valence-corrected chi connectivity index (χ3v) is 8.78. The first-order chi connectivity index (χ1) is 17.1. The summed E-state index contributed by atoms with van der Waals surface area (Å²) < 4.78 is 63.5. The molecule has 0 saturated heterocycles. The Morgan fingerprint density at radius 3 is 2.53 bits per heavy atom. The number of nitrogens with zero attached hydrogens (tertiary/aromatic N) is 2. The highest BCUT2D eigenvalue weighted by Crippen LogP contribution is 2.31. The van der Waals surface area contributed by atoms with Gasteiger partial charge in [0.25, 0.3) is 5.91 Å². The molecule has 3 atom stereocenters. The van der Waals surface area contributed by atoms with Crippen molar-refractivity contribution in [2.45, 2.75) is 43.5 Å². The minimum Gasteiger partial charge on any atom is -0.345 e. The van der Waals surface area contributed by atoms with Gasteiger partial charge in [0.2, 0.25) is 0 Å². The number of amides is 1. The maximum absolute atomic E-state index is 13.9. The van der Waals surface area contributed by atoms with Gasteiger partial charge in [-0.3, -0.25) is 4.79 Å². The number of aromatic nitrogens is 1. The van der Waals surface area contributed by atoms with Crippen molar-refractivity contribution in [3.63, 3.8) is 0 Å². The van der Waals surface area contributed by atoms with Crippen molar-refractivity contribution in [3.8, 4) is 0 Å². The molecule has 2 N–H and O–H groups in total. The zero-order chi connectivity index (χ0) is 26.0. The topological polar surface area (TPSA) is 75.5 Å². The van der Waals surface area contributed by atoms with Gasteiger partial charge in [-0.15, -0.1) is 0 Å². The molecular formula is C26H29F3N4O2S. The van der Waals surface area contributed by atoms with Crippen LogP contribution in [0.2, 0.25) is 0 Å². The smallest absolute Gasteiger partial charge is 0.272 e. The van der Waals surface area contributed by atoms with Crippen molar-refractivity contribution >= 4 is 21.5 Å². The molecule has 10 heteroatoms. The van der Waals surface area contributed by atoms with Crippen molar-refractivity contribution in [2.24, 2.45) is 17.3 Å². The highest BCUT2D eigenvalue weighted by molar-refractivity contribution is 7.91. The highest BCUT2D eigenvalue weighted by atomic mass is 32.2. The van der Waals surface area contributed by atoms with E-state index in [2.05, 4.69) is 33.5 Å². The number of carbonyl (C=O) groups excluding carboxylic acids is 1. The molecule has 2 aromatic carbocycles. The van der Waals surface area contributed by atoms with Gasteiger partial charge in [-0.1, -0.05) is 37.3 Å². The van der Waals surface area contributed by atoms with Crippen molar-refractivity contribution < 1.29 is 22.2 Å². The summed E-state index contributed by atoms with van der Waals surface area (Å²) in [5.41, 5.74) is 1.80. The van der Waals surface area contributed by atoms with Gasteiger partial charge in [0, 0.05) is 49.7 Å². The molecule has 1 aliphatic heterocycles. The molecule has 1 aromatic heterocycles. The van der Waals surface area contributed by atoms with Crippen LogP contribution < -0.4 is 10.0 Å². The van der Waals surface area contributed by atoms with Crippen molar-refractivity contribution in [1.29, 1.82) is 0 Å². The second-order valence-electron chi connectivity index (χ2n) is 9.11. The van der Waals surface area contributed by atoms with Gasteiger partial charge >= 0.3 is 0 Å². The van der Waals surface area contributed by atoms with Gasteiger partial charge in [0.15, 0.2) is 17.5 Å². The van der Waals surface area contributed by atoms with Crippen LogP contribution in [-0.2, 0) is 29.8 Å². The third kappa shape index (κ3) is 5.19. The predicted octanol–water partition coefficient (Wildman–Crippen LogP) is 5.24. The molecule has 0 radical (unpaired) electrons. The number of fused-ring (bicyclic) bond motifs is 1. The number of rotatable bonds is 6. The lowest BCUT2D eigenvalue weighted by Crippen LogP contribution is -2.38. The molecule has 3 aromatic rings. The summed E-state index contributed by atoms with van der Waals surface area (Å²) in [6, 6.07) is 11.5. The Hall–Kier alpha value is -3.11. The Morgan fingerprint density at radius 2 is 1.89 bits per heavy atom. The van der Waals surface area contributed by atoms with E-state index in [4.69, 9.17) is 0 Å². The van der Waals surface area contributed by atoms with Gasteiger partial charge in [-0.05, 0) is 37.2 Å². The van der Waals surface area contributed by atoms with Gasteiger partial charge in [0.1, 0.15) is 15.6 Å². The van der Waals surface area contributed by atoms with Crippen molar-refractivity contribution in [1.82, 2.24) is 9.29 Å². The monoisotopic (exact) mass is 518 g/mol. The van der Waals surface area contributed by atoms with E-state index in [9.17, 15) is 22.2 Å². The summed E-state index contributed by atoms with van der Waals surface area (Å²) >= 11 is 0. The normalized spacial score (nSPS) is 20.3. The fourth-order valence-electron chi connectivity index (χ4n) is 4.66. The van der Waals surface area contributed by atoms with E-state index in [1.807, 2.05) is 18.2 Å². The summed E-state index contributed by atoms with van der Waals surface area (Å²) in [4.78, 5) is 13.6. The Labute approximate surface area is 209 Å². The lowest BCUT2D eigenvalue weighted by Gasteiger charge is -2.24. The predicted molar refractivity (Wildman–Crippen MR) is 134 cm³/mol. The SMILES string of the molecule is CN=S1(=O)N[C@@H](C(C)CCc2ccccc2)CCc2c1cn(C)c2C(=O)Nc1cc(F)c(F)c(F)c1.